The van der Waals surface area contributed by atoms with E-state index >= 15 is 0 Å². The van der Waals surface area contributed by atoms with Crippen molar-refractivity contribution < 1.29 is 13.5 Å². The molecule has 5 nitrogen and oxygen atoms in total. The third-order valence-electron chi connectivity index (χ3n) is 2.72. The Morgan fingerprint density at radius 1 is 1.42 bits per heavy atom. The molecule has 0 heterocycles. The fourth-order valence-corrected chi connectivity index (χ4v) is 3.55. The van der Waals surface area contributed by atoms with Gasteiger partial charge in [0, 0.05) is 6.54 Å². The van der Waals surface area contributed by atoms with Crippen molar-refractivity contribution in [3.63, 3.8) is 0 Å². The number of nitrogens with two attached hydrogens (primary N) is 1. The number of rotatable bonds is 7. The minimum absolute atomic E-state index is 0.0142. The fourth-order valence-electron chi connectivity index (χ4n) is 1.67. The average Bonchev–Trinajstić information content (AvgIpc) is 2.31. The minimum Gasteiger partial charge on any atom is -0.508 e. The SMILES string of the molecule is CCC(C(N)=S)S(=O)(=O)NCCc1ccc(O)cc1. The predicted octanol–water partition coefficient (Wildman–Crippen LogP) is 0.919. The highest BCUT2D eigenvalue weighted by Crippen LogP contribution is 2.10. The lowest BCUT2D eigenvalue weighted by atomic mass is 10.1. The van der Waals surface area contributed by atoms with Crippen molar-refractivity contribution in [3.8, 4) is 5.75 Å². The molecular weight excluding hydrogens is 284 g/mol. The highest BCUT2D eigenvalue weighted by molar-refractivity contribution is 7.93. The summed E-state index contributed by atoms with van der Waals surface area (Å²) in [6.45, 7) is 2.00. The van der Waals surface area contributed by atoms with E-state index in [2.05, 4.69) is 4.72 Å². The molecule has 1 atom stereocenters. The molecule has 1 aromatic carbocycles. The van der Waals surface area contributed by atoms with E-state index in [0.717, 1.165) is 5.56 Å². The Morgan fingerprint density at radius 3 is 2.47 bits per heavy atom. The summed E-state index contributed by atoms with van der Waals surface area (Å²) in [5.41, 5.74) is 6.35. The van der Waals surface area contributed by atoms with Crippen LogP contribution in [0.25, 0.3) is 0 Å². The van der Waals surface area contributed by atoms with Crippen molar-refractivity contribution in [2.24, 2.45) is 5.73 Å². The van der Waals surface area contributed by atoms with Crippen LogP contribution >= 0.6 is 12.2 Å². The topological polar surface area (TPSA) is 92.4 Å². The van der Waals surface area contributed by atoms with E-state index in [4.69, 9.17) is 23.1 Å². The maximum atomic E-state index is 11.9. The van der Waals surface area contributed by atoms with Gasteiger partial charge in [0.05, 0.1) is 4.99 Å². The van der Waals surface area contributed by atoms with Crippen molar-refractivity contribution in [1.82, 2.24) is 4.72 Å². The van der Waals surface area contributed by atoms with E-state index in [1.165, 1.54) is 0 Å². The lowest BCUT2D eigenvalue weighted by molar-refractivity contribution is 0.475. The third kappa shape index (κ3) is 4.77. The summed E-state index contributed by atoms with van der Waals surface area (Å²) >= 11 is 4.75. The second-order valence-electron chi connectivity index (χ2n) is 4.16. The van der Waals surface area contributed by atoms with Gasteiger partial charge in [0.1, 0.15) is 11.0 Å². The lowest BCUT2D eigenvalue weighted by Crippen LogP contribution is -2.42. The van der Waals surface area contributed by atoms with Crippen molar-refractivity contribution in [3.05, 3.63) is 29.8 Å². The van der Waals surface area contributed by atoms with Crippen LogP contribution in [0.5, 0.6) is 5.75 Å². The van der Waals surface area contributed by atoms with Gasteiger partial charge in [-0.15, -0.1) is 0 Å². The standard InChI is InChI=1S/C12H18N2O3S2/c1-2-11(12(13)18)19(16,17)14-8-7-9-3-5-10(15)6-4-9/h3-6,11,14-15H,2,7-8H2,1H3,(H2,13,18). The molecule has 0 fully saturated rings. The van der Waals surface area contributed by atoms with Crippen LogP contribution in [0.4, 0.5) is 0 Å². The first-order valence-electron chi connectivity index (χ1n) is 5.92. The normalized spacial score (nSPS) is 13.1. The highest BCUT2D eigenvalue weighted by Gasteiger charge is 2.25. The largest absolute Gasteiger partial charge is 0.508 e. The van der Waals surface area contributed by atoms with Gasteiger partial charge in [-0.05, 0) is 30.5 Å². The molecule has 1 unspecified atom stereocenters. The van der Waals surface area contributed by atoms with E-state index in [9.17, 15) is 8.42 Å². The first-order valence-corrected chi connectivity index (χ1v) is 7.88. The number of sulfonamides is 1. The van der Waals surface area contributed by atoms with Crippen LogP contribution in [-0.2, 0) is 16.4 Å². The van der Waals surface area contributed by atoms with Crippen molar-refractivity contribution >= 4 is 27.2 Å². The molecule has 0 aliphatic rings. The number of hydrogen-bond acceptors (Lipinski definition) is 4. The summed E-state index contributed by atoms with van der Waals surface area (Å²) in [6, 6.07) is 6.62. The van der Waals surface area contributed by atoms with Gasteiger partial charge in [-0.1, -0.05) is 31.3 Å². The van der Waals surface area contributed by atoms with Gasteiger partial charge in [0.2, 0.25) is 10.0 Å². The van der Waals surface area contributed by atoms with E-state index < -0.39 is 15.3 Å². The summed E-state index contributed by atoms with van der Waals surface area (Å²) in [5, 5.41) is 8.31. The number of phenolic OH excluding ortho intramolecular Hbond substituents is 1. The molecule has 0 aromatic heterocycles. The Hall–Kier alpha value is -1.18. The molecule has 0 aliphatic heterocycles. The molecule has 0 saturated carbocycles. The average molecular weight is 302 g/mol. The van der Waals surface area contributed by atoms with Crippen LogP contribution in [0.15, 0.2) is 24.3 Å². The Labute approximate surface area is 118 Å². The molecule has 7 heteroatoms. The molecule has 106 valence electrons. The summed E-state index contributed by atoms with van der Waals surface area (Å²) < 4.78 is 26.4. The Bertz CT molecular complexity index is 526. The molecule has 19 heavy (non-hydrogen) atoms. The lowest BCUT2D eigenvalue weighted by Gasteiger charge is -2.15. The molecule has 0 spiro atoms. The number of nitrogens with one attached hydrogen (secondary N) is 1. The zero-order valence-electron chi connectivity index (χ0n) is 10.7. The zero-order chi connectivity index (χ0) is 14.5. The summed E-state index contributed by atoms with van der Waals surface area (Å²) in [6.07, 6.45) is 0.886. The molecule has 0 saturated heterocycles. The van der Waals surface area contributed by atoms with Crippen LogP contribution in [0.1, 0.15) is 18.9 Å². The van der Waals surface area contributed by atoms with Gasteiger partial charge in [-0.3, -0.25) is 0 Å². The van der Waals surface area contributed by atoms with Crippen LogP contribution in [0, 0.1) is 0 Å². The molecule has 0 bridgehead atoms. The van der Waals surface area contributed by atoms with Gasteiger partial charge in [0.15, 0.2) is 0 Å². The number of thiocarbonyl (C=S) groups is 1. The Morgan fingerprint density at radius 2 is 2.00 bits per heavy atom. The maximum absolute atomic E-state index is 11.9. The Balaban J connectivity index is 2.56. The molecular formula is C12H18N2O3S2. The van der Waals surface area contributed by atoms with Gasteiger partial charge in [-0.25, -0.2) is 13.1 Å². The first-order chi connectivity index (χ1) is 8.86. The van der Waals surface area contributed by atoms with E-state index in [0.29, 0.717) is 12.8 Å². The fraction of sp³-hybridized carbons (Fsp3) is 0.417. The maximum Gasteiger partial charge on any atom is 0.221 e. The van der Waals surface area contributed by atoms with E-state index in [1.807, 2.05) is 0 Å². The molecule has 0 radical (unpaired) electrons. The second kappa shape index (κ2) is 6.83. The van der Waals surface area contributed by atoms with Gasteiger partial charge >= 0.3 is 0 Å². The molecule has 4 N–H and O–H groups in total. The number of phenols is 1. The number of benzene rings is 1. The summed E-state index contributed by atoms with van der Waals surface area (Å²) in [4.78, 5) is -0.0142. The van der Waals surface area contributed by atoms with Crippen molar-refractivity contribution in [2.75, 3.05) is 6.54 Å². The van der Waals surface area contributed by atoms with Gasteiger partial charge < -0.3 is 10.8 Å². The van der Waals surface area contributed by atoms with Gasteiger partial charge in [-0.2, -0.15) is 0 Å². The second-order valence-corrected chi connectivity index (χ2v) is 6.57. The van der Waals surface area contributed by atoms with Crippen LogP contribution in [0.2, 0.25) is 0 Å². The summed E-state index contributed by atoms with van der Waals surface area (Å²) in [5.74, 6) is 0.184. The van der Waals surface area contributed by atoms with Crippen LogP contribution < -0.4 is 10.5 Å². The molecule has 1 aromatic rings. The van der Waals surface area contributed by atoms with E-state index in [1.54, 1.807) is 31.2 Å². The smallest absolute Gasteiger partial charge is 0.221 e. The molecule has 0 aliphatic carbocycles. The molecule has 1 rings (SSSR count). The van der Waals surface area contributed by atoms with Crippen LogP contribution in [0.3, 0.4) is 0 Å². The predicted molar refractivity (Wildman–Crippen MR) is 79.6 cm³/mol. The van der Waals surface area contributed by atoms with Crippen molar-refractivity contribution in [2.45, 2.75) is 25.0 Å². The van der Waals surface area contributed by atoms with Crippen molar-refractivity contribution in [1.29, 1.82) is 0 Å². The quantitative estimate of drug-likeness (QED) is 0.651. The number of aromatic hydroxyl groups is 1. The highest BCUT2D eigenvalue weighted by atomic mass is 32.2. The zero-order valence-corrected chi connectivity index (χ0v) is 12.3. The Kier molecular flexibility index (Phi) is 5.71. The van der Waals surface area contributed by atoms with E-state index in [-0.39, 0.29) is 17.3 Å². The summed E-state index contributed by atoms with van der Waals surface area (Å²) in [7, 11) is -3.52. The number of hydrogen-bond donors (Lipinski definition) is 3. The van der Waals surface area contributed by atoms with Gasteiger partial charge in [0.25, 0.3) is 0 Å². The first kappa shape index (κ1) is 15.9. The minimum atomic E-state index is -3.52. The monoisotopic (exact) mass is 302 g/mol. The third-order valence-corrected chi connectivity index (χ3v) is 5.09. The van der Waals surface area contributed by atoms with Crippen LogP contribution in [-0.4, -0.2) is 30.3 Å². The molecule has 0 amide bonds.